The van der Waals surface area contributed by atoms with Gasteiger partial charge in [-0.05, 0) is 31.4 Å². The van der Waals surface area contributed by atoms with Crippen molar-refractivity contribution in [3.05, 3.63) is 46.7 Å². The van der Waals surface area contributed by atoms with Gasteiger partial charge in [-0.3, -0.25) is 14.6 Å². The first-order chi connectivity index (χ1) is 12.3. The monoisotopic (exact) mass is 365 g/mol. The van der Waals surface area contributed by atoms with Crippen LogP contribution in [-0.2, 0) is 20.5 Å². The highest BCUT2D eigenvalue weighted by Gasteiger charge is 2.46. The van der Waals surface area contributed by atoms with Gasteiger partial charge in [0.25, 0.3) is 0 Å². The third-order valence-corrected chi connectivity index (χ3v) is 4.89. The average molecular weight is 365 g/mol. The van der Waals surface area contributed by atoms with E-state index in [0.717, 1.165) is 6.07 Å². The van der Waals surface area contributed by atoms with Crippen molar-refractivity contribution < 1.29 is 27.5 Å². The molecule has 0 radical (unpaired) electrons. The molecule has 0 spiro atoms. The SMILES string of the molecule is COC(=O)C1C(C)=NC2=C(C(=O)CCC2)[C@H]1c1ccccc1C(F)(F)F. The maximum atomic E-state index is 13.6. The van der Waals surface area contributed by atoms with Crippen molar-refractivity contribution in [1.82, 2.24) is 0 Å². The Morgan fingerprint density at radius 2 is 1.92 bits per heavy atom. The number of aliphatic imine (C=N–C) groups is 1. The predicted molar refractivity (Wildman–Crippen MR) is 88.7 cm³/mol. The number of Topliss-reactive ketones (excluding diaryl/α,β-unsaturated/α-hetero) is 1. The third kappa shape index (κ3) is 3.06. The fourth-order valence-electron chi connectivity index (χ4n) is 3.80. The molecule has 0 bridgehead atoms. The molecule has 0 saturated heterocycles. The minimum atomic E-state index is -4.60. The molecule has 0 fully saturated rings. The van der Waals surface area contributed by atoms with Gasteiger partial charge in [0.1, 0.15) is 5.92 Å². The van der Waals surface area contributed by atoms with Crippen molar-refractivity contribution in [2.45, 2.75) is 38.3 Å². The van der Waals surface area contributed by atoms with Crippen LogP contribution < -0.4 is 0 Å². The summed E-state index contributed by atoms with van der Waals surface area (Å²) in [7, 11) is 1.18. The van der Waals surface area contributed by atoms with E-state index in [1.54, 1.807) is 6.92 Å². The van der Waals surface area contributed by atoms with Crippen molar-refractivity contribution in [2.75, 3.05) is 7.11 Å². The predicted octanol–water partition coefficient (Wildman–Crippen LogP) is 4.06. The van der Waals surface area contributed by atoms with E-state index in [4.69, 9.17) is 4.74 Å². The maximum Gasteiger partial charge on any atom is 0.416 e. The van der Waals surface area contributed by atoms with Gasteiger partial charge in [0.05, 0.1) is 12.7 Å². The summed E-state index contributed by atoms with van der Waals surface area (Å²) in [6, 6.07) is 5.07. The number of carbonyl (C=O) groups is 2. The molecule has 1 aromatic carbocycles. The lowest BCUT2D eigenvalue weighted by Gasteiger charge is -2.35. The summed E-state index contributed by atoms with van der Waals surface area (Å²) in [5, 5.41) is 0. The summed E-state index contributed by atoms with van der Waals surface area (Å²) >= 11 is 0. The molecule has 138 valence electrons. The van der Waals surface area contributed by atoms with E-state index >= 15 is 0 Å². The van der Waals surface area contributed by atoms with E-state index in [1.165, 1.54) is 25.3 Å². The van der Waals surface area contributed by atoms with Gasteiger partial charge in [0, 0.05) is 29.3 Å². The van der Waals surface area contributed by atoms with Gasteiger partial charge in [-0.15, -0.1) is 0 Å². The summed E-state index contributed by atoms with van der Waals surface area (Å²) in [5.74, 6) is -3.04. The molecule has 0 amide bonds. The van der Waals surface area contributed by atoms with E-state index in [0.29, 0.717) is 24.3 Å². The Kier molecular flexibility index (Phi) is 4.73. The van der Waals surface area contributed by atoms with Crippen LogP contribution in [-0.4, -0.2) is 24.6 Å². The molecule has 4 nitrogen and oxygen atoms in total. The number of nitrogens with zero attached hydrogens (tertiary/aromatic N) is 1. The number of hydrogen-bond acceptors (Lipinski definition) is 4. The van der Waals surface area contributed by atoms with Crippen molar-refractivity contribution in [3.8, 4) is 0 Å². The molecular weight excluding hydrogens is 347 g/mol. The molecule has 0 saturated carbocycles. The molecule has 0 aromatic heterocycles. The van der Waals surface area contributed by atoms with Gasteiger partial charge >= 0.3 is 12.1 Å². The zero-order chi connectivity index (χ0) is 19.1. The van der Waals surface area contributed by atoms with Crippen LogP contribution >= 0.6 is 0 Å². The molecule has 2 aliphatic rings. The lowest BCUT2D eigenvalue weighted by Crippen LogP contribution is -2.37. The van der Waals surface area contributed by atoms with E-state index in [1.807, 2.05) is 0 Å². The first-order valence-corrected chi connectivity index (χ1v) is 8.31. The van der Waals surface area contributed by atoms with Crippen molar-refractivity contribution in [2.24, 2.45) is 10.9 Å². The van der Waals surface area contributed by atoms with Gasteiger partial charge < -0.3 is 4.74 Å². The standard InChI is InChI=1S/C19H18F3NO3/c1-10-15(18(25)26-2)16(17-13(23-10)8-5-9-14(17)24)11-6-3-4-7-12(11)19(20,21)22/h3-4,6-7,15-16H,5,8-9H2,1-2H3/t15?,16-/m0/s1. The van der Waals surface area contributed by atoms with Crippen LogP contribution in [0.5, 0.6) is 0 Å². The Morgan fingerprint density at radius 3 is 2.58 bits per heavy atom. The largest absolute Gasteiger partial charge is 0.468 e. The molecular formula is C19H18F3NO3. The van der Waals surface area contributed by atoms with E-state index in [-0.39, 0.29) is 23.3 Å². The molecule has 0 N–H and O–H groups in total. The highest BCUT2D eigenvalue weighted by molar-refractivity contribution is 6.08. The Bertz CT molecular complexity index is 824. The zero-order valence-electron chi connectivity index (χ0n) is 14.4. The third-order valence-electron chi connectivity index (χ3n) is 4.89. The summed E-state index contributed by atoms with van der Waals surface area (Å²) in [4.78, 5) is 29.3. The van der Waals surface area contributed by atoms with Crippen LogP contribution in [0.15, 0.2) is 40.5 Å². The fraction of sp³-hybridized carbons (Fsp3) is 0.421. The van der Waals surface area contributed by atoms with E-state index in [2.05, 4.69) is 4.99 Å². The second kappa shape index (κ2) is 6.70. The number of esters is 1. The van der Waals surface area contributed by atoms with Gasteiger partial charge in [-0.1, -0.05) is 18.2 Å². The van der Waals surface area contributed by atoms with E-state index in [9.17, 15) is 22.8 Å². The summed E-state index contributed by atoms with van der Waals surface area (Å²) < 4.78 is 45.6. The molecule has 1 heterocycles. The van der Waals surface area contributed by atoms with Gasteiger partial charge in [-0.25, -0.2) is 0 Å². The van der Waals surface area contributed by atoms with Crippen LogP contribution in [0, 0.1) is 5.92 Å². The molecule has 1 aliphatic carbocycles. The van der Waals surface area contributed by atoms with Gasteiger partial charge in [-0.2, -0.15) is 13.2 Å². The second-order valence-electron chi connectivity index (χ2n) is 6.45. The van der Waals surface area contributed by atoms with Crippen LogP contribution in [0.3, 0.4) is 0 Å². The molecule has 1 aromatic rings. The highest BCUT2D eigenvalue weighted by Crippen LogP contribution is 2.47. The van der Waals surface area contributed by atoms with Gasteiger partial charge in [0.2, 0.25) is 0 Å². The number of ether oxygens (including phenoxy) is 1. The highest BCUT2D eigenvalue weighted by atomic mass is 19.4. The first kappa shape index (κ1) is 18.4. The molecule has 26 heavy (non-hydrogen) atoms. The maximum absolute atomic E-state index is 13.6. The van der Waals surface area contributed by atoms with Crippen molar-refractivity contribution >= 4 is 17.5 Å². The second-order valence-corrected chi connectivity index (χ2v) is 6.45. The van der Waals surface area contributed by atoms with Crippen LogP contribution in [0.1, 0.15) is 43.2 Å². The Labute approximate surface area is 148 Å². The molecule has 1 aliphatic heterocycles. The number of benzene rings is 1. The molecule has 3 rings (SSSR count). The molecule has 2 atom stereocenters. The Balaban J connectivity index is 2.27. The minimum Gasteiger partial charge on any atom is -0.468 e. The number of rotatable bonds is 2. The van der Waals surface area contributed by atoms with Crippen LogP contribution in [0.25, 0.3) is 0 Å². The number of hydrogen-bond donors (Lipinski definition) is 0. The number of ketones is 1. The lowest BCUT2D eigenvalue weighted by molar-refractivity contribution is -0.144. The van der Waals surface area contributed by atoms with E-state index < -0.39 is 29.5 Å². The number of carbonyl (C=O) groups excluding carboxylic acids is 2. The van der Waals surface area contributed by atoms with Crippen LogP contribution in [0.4, 0.5) is 13.2 Å². The number of methoxy groups -OCH3 is 1. The Morgan fingerprint density at radius 1 is 1.23 bits per heavy atom. The molecule has 1 unspecified atom stereocenters. The van der Waals surface area contributed by atoms with Crippen LogP contribution in [0.2, 0.25) is 0 Å². The number of halogens is 3. The number of alkyl halides is 3. The first-order valence-electron chi connectivity index (χ1n) is 8.31. The summed E-state index contributed by atoms with van der Waals surface area (Å²) in [6.45, 7) is 1.59. The minimum absolute atomic E-state index is 0.0904. The van der Waals surface area contributed by atoms with Crippen molar-refractivity contribution in [3.63, 3.8) is 0 Å². The lowest BCUT2D eigenvalue weighted by atomic mass is 9.70. The Hall–Kier alpha value is -2.44. The normalized spacial score (nSPS) is 23.4. The topological polar surface area (TPSA) is 55.7 Å². The number of allylic oxidation sites excluding steroid dienone is 2. The fourth-order valence-corrected chi connectivity index (χ4v) is 3.80. The van der Waals surface area contributed by atoms with Gasteiger partial charge in [0.15, 0.2) is 5.78 Å². The molecule has 7 heteroatoms. The smallest absolute Gasteiger partial charge is 0.416 e. The summed E-state index contributed by atoms with van der Waals surface area (Å²) in [6.07, 6.45) is -3.24. The zero-order valence-corrected chi connectivity index (χ0v) is 14.4. The average Bonchev–Trinajstić information content (AvgIpc) is 2.59. The quantitative estimate of drug-likeness (QED) is 0.743. The summed E-state index contributed by atoms with van der Waals surface area (Å²) in [5.41, 5.74) is 0.133. The van der Waals surface area contributed by atoms with Crippen molar-refractivity contribution in [1.29, 1.82) is 0 Å².